The predicted molar refractivity (Wildman–Crippen MR) is 47.9 cm³/mol. The normalized spacial score (nSPS) is 33.2. The molecule has 1 aliphatic heterocycles. The van der Waals surface area contributed by atoms with Gasteiger partial charge in [0, 0.05) is 19.6 Å². The summed E-state index contributed by atoms with van der Waals surface area (Å²) in [6.07, 6.45) is 1.19. The lowest BCUT2D eigenvalue weighted by molar-refractivity contribution is 0.0531. The van der Waals surface area contributed by atoms with Crippen molar-refractivity contribution >= 4 is 0 Å². The number of likely N-dealkylation sites (tertiary alicyclic amines) is 1. The van der Waals surface area contributed by atoms with Crippen LogP contribution in [0.15, 0.2) is 0 Å². The van der Waals surface area contributed by atoms with Crippen LogP contribution in [0.2, 0.25) is 0 Å². The molecule has 1 rings (SSSR count). The van der Waals surface area contributed by atoms with Crippen LogP contribution in [0.25, 0.3) is 4.85 Å². The van der Waals surface area contributed by atoms with Crippen LogP contribution in [-0.2, 0) is 4.74 Å². The first kappa shape index (κ1) is 9.50. The molecule has 0 aromatic carbocycles. The molecule has 1 aliphatic rings. The van der Waals surface area contributed by atoms with E-state index < -0.39 is 0 Å². The van der Waals surface area contributed by atoms with E-state index in [0.29, 0.717) is 6.04 Å². The highest BCUT2D eigenvalue weighted by Crippen LogP contribution is 2.22. The zero-order valence-corrected chi connectivity index (χ0v) is 7.95. The van der Waals surface area contributed by atoms with E-state index in [0.717, 1.165) is 13.0 Å². The van der Waals surface area contributed by atoms with Gasteiger partial charge in [-0.05, 0) is 14.0 Å². The number of hydrogen-bond acceptors (Lipinski definition) is 2. The van der Waals surface area contributed by atoms with Crippen LogP contribution in [0.1, 0.15) is 13.3 Å². The van der Waals surface area contributed by atoms with Crippen LogP contribution < -0.4 is 0 Å². The molecule has 2 unspecified atom stereocenters. The van der Waals surface area contributed by atoms with Crippen molar-refractivity contribution in [2.45, 2.75) is 31.5 Å². The van der Waals surface area contributed by atoms with Crippen LogP contribution in [0.5, 0.6) is 0 Å². The molecule has 0 amide bonds. The summed E-state index contributed by atoms with van der Waals surface area (Å²) in [5.74, 6) is 0. The van der Waals surface area contributed by atoms with E-state index in [1.54, 1.807) is 7.11 Å². The molecule has 0 aromatic heterocycles. The summed E-state index contributed by atoms with van der Waals surface area (Å²) in [5.41, 5.74) is 0. The van der Waals surface area contributed by atoms with Crippen molar-refractivity contribution < 1.29 is 4.74 Å². The second-order valence-electron chi connectivity index (χ2n) is 3.47. The molecular formula is C9H16N2O. The molecule has 0 N–H and O–H groups in total. The van der Waals surface area contributed by atoms with Gasteiger partial charge in [0.2, 0.25) is 6.04 Å². The summed E-state index contributed by atoms with van der Waals surface area (Å²) in [4.78, 5) is 5.78. The van der Waals surface area contributed by atoms with Gasteiger partial charge in [0.05, 0.1) is 12.6 Å². The van der Waals surface area contributed by atoms with Crippen molar-refractivity contribution in [3.63, 3.8) is 0 Å². The minimum absolute atomic E-state index is 0.178. The number of hydrogen-bond donors (Lipinski definition) is 0. The number of likely N-dealkylation sites (N-methyl/N-ethyl adjacent to an activating group) is 1. The zero-order chi connectivity index (χ0) is 9.14. The van der Waals surface area contributed by atoms with Gasteiger partial charge in [0.1, 0.15) is 0 Å². The maximum Gasteiger partial charge on any atom is 0.237 e. The molecule has 0 saturated carbocycles. The van der Waals surface area contributed by atoms with E-state index >= 15 is 0 Å². The van der Waals surface area contributed by atoms with Gasteiger partial charge in [-0.3, -0.25) is 4.90 Å². The summed E-state index contributed by atoms with van der Waals surface area (Å²) in [6, 6.07) is 0.603. The Balaban J connectivity index is 2.52. The molecule has 3 atom stereocenters. The van der Waals surface area contributed by atoms with E-state index in [-0.39, 0.29) is 12.1 Å². The van der Waals surface area contributed by atoms with E-state index in [2.05, 4.69) is 23.7 Å². The first-order chi connectivity index (χ1) is 5.69. The third-order valence-electron chi connectivity index (χ3n) is 2.67. The number of rotatable bonds is 2. The average Bonchev–Trinajstić information content (AvgIpc) is 2.45. The Morgan fingerprint density at radius 3 is 2.75 bits per heavy atom. The number of nitrogens with zero attached hydrogens (tertiary/aromatic N) is 2. The molecule has 0 spiro atoms. The highest BCUT2D eigenvalue weighted by atomic mass is 16.5. The lowest BCUT2D eigenvalue weighted by Gasteiger charge is -2.23. The Labute approximate surface area is 74.1 Å². The minimum Gasteiger partial charge on any atom is -0.380 e. The zero-order valence-electron chi connectivity index (χ0n) is 7.95. The van der Waals surface area contributed by atoms with E-state index in [9.17, 15) is 0 Å². The third-order valence-corrected chi connectivity index (χ3v) is 2.67. The molecule has 3 heteroatoms. The Morgan fingerprint density at radius 2 is 2.33 bits per heavy atom. The molecule has 0 radical (unpaired) electrons. The van der Waals surface area contributed by atoms with Gasteiger partial charge in [-0.1, -0.05) is 0 Å². The Kier molecular flexibility index (Phi) is 3.07. The van der Waals surface area contributed by atoms with Crippen LogP contribution in [0.4, 0.5) is 0 Å². The van der Waals surface area contributed by atoms with Crippen LogP contribution >= 0.6 is 0 Å². The fraction of sp³-hybridized carbons (Fsp3) is 0.889. The van der Waals surface area contributed by atoms with E-state index in [1.807, 2.05) is 0 Å². The highest BCUT2D eigenvalue weighted by molar-refractivity contribution is 4.96. The highest BCUT2D eigenvalue weighted by Gasteiger charge is 2.36. The van der Waals surface area contributed by atoms with Crippen LogP contribution in [0, 0.1) is 6.57 Å². The van der Waals surface area contributed by atoms with Gasteiger partial charge in [-0.15, -0.1) is 0 Å². The molecule has 1 heterocycles. The Bertz CT molecular complexity index is 187. The van der Waals surface area contributed by atoms with Crippen LogP contribution in [-0.4, -0.2) is 43.8 Å². The van der Waals surface area contributed by atoms with E-state index in [4.69, 9.17) is 11.3 Å². The maximum absolute atomic E-state index is 6.94. The van der Waals surface area contributed by atoms with Crippen molar-refractivity contribution in [2.24, 2.45) is 0 Å². The second kappa shape index (κ2) is 3.88. The summed E-state index contributed by atoms with van der Waals surface area (Å²) in [7, 11) is 3.79. The first-order valence-electron chi connectivity index (χ1n) is 4.28. The molecule has 0 aromatic rings. The summed E-state index contributed by atoms with van der Waals surface area (Å²) >= 11 is 0. The molecule has 1 saturated heterocycles. The lowest BCUT2D eigenvalue weighted by Crippen LogP contribution is -2.35. The molecule has 68 valence electrons. The standard InChI is InChI=1S/C9H16N2O/c1-7(12-4)9-5-8(10-2)6-11(9)3/h7-9H,5-6H2,1,3-4H3/t7?,8?,9-/m0/s1. The van der Waals surface area contributed by atoms with Crippen molar-refractivity contribution in [1.29, 1.82) is 0 Å². The van der Waals surface area contributed by atoms with Gasteiger partial charge in [0.25, 0.3) is 0 Å². The predicted octanol–water partition coefficient (Wildman–Crippen LogP) is 1.01. The lowest BCUT2D eigenvalue weighted by atomic mass is 10.1. The first-order valence-corrected chi connectivity index (χ1v) is 4.28. The van der Waals surface area contributed by atoms with Gasteiger partial charge < -0.3 is 9.58 Å². The van der Waals surface area contributed by atoms with E-state index in [1.165, 1.54) is 0 Å². The smallest absolute Gasteiger partial charge is 0.237 e. The Morgan fingerprint density at radius 1 is 1.67 bits per heavy atom. The molecule has 0 aliphatic carbocycles. The van der Waals surface area contributed by atoms with Crippen molar-refractivity contribution in [3.05, 3.63) is 11.4 Å². The monoisotopic (exact) mass is 168 g/mol. The maximum atomic E-state index is 6.94. The SMILES string of the molecule is [C-]#[N+]C1C[C@@H](C(C)OC)N(C)C1. The Hall–Kier alpha value is -0.590. The second-order valence-corrected chi connectivity index (χ2v) is 3.47. The van der Waals surface area contributed by atoms with Gasteiger partial charge >= 0.3 is 0 Å². The van der Waals surface area contributed by atoms with Crippen molar-refractivity contribution in [2.75, 3.05) is 20.7 Å². The van der Waals surface area contributed by atoms with Crippen LogP contribution in [0.3, 0.4) is 0 Å². The molecule has 1 fully saturated rings. The molecule has 12 heavy (non-hydrogen) atoms. The fourth-order valence-electron chi connectivity index (χ4n) is 1.80. The quantitative estimate of drug-likeness (QED) is 0.572. The summed E-state index contributed by atoms with van der Waals surface area (Å²) < 4.78 is 5.25. The summed E-state index contributed by atoms with van der Waals surface area (Å²) in [5, 5.41) is 0. The van der Waals surface area contributed by atoms with Gasteiger partial charge in [-0.2, -0.15) is 0 Å². The average molecular weight is 168 g/mol. The van der Waals surface area contributed by atoms with Gasteiger partial charge in [-0.25, -0.2) is 6.57 Å². The number of ether oxygens (including phenoxy) is 1. The van der Waals surface area contributed by atoms with Gasteiger partial charge in [0.15, 0.2) is 0 Å². The minimum atomic E-state index is 0.178. The molecular weight excluding hydrogens is 152 g/mol. The fourth-order valence-corrected chi connectivity index (χ4v) is 1.80. The number of methoxy groups -OCH3 is 1. The van der Waals surface area contributed by atoms with Crippen molar-refractivity contribution in [1.82, 2.24) is 4.90 Å². The largest absolute Gasteiger partial charge is 0.380 e. The van der Waals surface area contributed by atoms with Crippen molar-refractivity contribution in [3.8, 4) is 0 Å². The summed E-state index contributed by atoms with van der Waals surface area (Å²) in [6.45, 7) is 9.89. The topological polar surface area (TPSA) is 16.8 Å². The molecule has 3 nitrogen and oxygen atoms in total. The third kappa shape index (κ3) is 1.77. The molecule has 0 bridgehead atoms.